The van der Waals surface area contributed by atoms with Gasteiger partial charge in [-0.25, -0.2) is 8.42 Å². The predicted molar refractivity (Wildman–Crippen MR) is 350 cm³/mol. The van der Waals surface area contributed by atoms with Gasteiger partial charge in [0.2, 0.25) is 5.69 Å². The van der Waals surface area contributed by atoms with E-state index in [1.807, 2.05) is 11.8 Å². The lowest BCUT2D eigenvalue weighted by Crippen LogP contribution is -2.33. The molecule has 536 valence electrons. The third-order valence-corrected chi connectivity index (χ3v) is 20.3. The summed E-state index contributed by atoms with van der Waals surface area (Å²) in [5.74, 6) is -1.68. The van der Waals surface area contributed by atoms with E-state index in [0.717, 1.165) is 12.1 Å². The molecule has 0 aromatic heterocycles. The lowest BCUT2D eigenvalue weighted by molar-refractivity contribution is -0.437. The number of fused-ring (bicyclic) bond motifs is 6. The number of rotatable bonds is 47. The van der Waals surface area contributed by atoms with Gasteiger partial charge in [0.25, 0.3) is 40.5 Å². The highest BCUT2D eigenvalue weighted by atomic mass is 32.2. The molecule has 2 heterocycles. The molecular weight excluding hydrogens is 1370 g/mol. The fraction of sp³-hybridized carbons (Fsp3) is 0.548. The lowest BCUT2D eigenvalue weighted by Gasteiger charge is -2.31. The molecule has 4 aromatic rings. The molecule has 5 N–H and O–H groups in total. The SMILES string of the molecule is COCCOCCOCCOCCOCCC1(C)C(/C=C/C=C/C=C2/N(CCCCCC(=O)O)c3ccc4c(S(=O)(=O)[O-])cc(S(=O)(=O)O)cc4c3C2(C)CCOCCOCCOCCOCCOC)=[N+](CCCS(=O)(=O)O)c2ccc3c(S(=O)(=O)O)cc(S(=O)(=O)O)cc3c21. The molecule has 0 amide bonds. The third-order valence-electron chi connectivity index (χ3n) is 16.0. The number of hydrogen-bond donors (Lipinski definition) is 5. The van der Waals surface area contributed by atoms with Crippen molar-refractivity contribution in [2.24, 2.45) is 0 Å². The molecule has 2 atom stereocenters. The normalized spacial score (nSPS) is 17.6. The van der Waals surface area contributed by atoms with Crippen molar-refractivity contribution in [3.05, 3.63) is 95.7 Å². The number of benzene rings is 4. The average Bonchev–Trinajstić information content (AvgIpc) is 1.54. The van der Waals surface area contributed by atoms with Crippen LogP contribution >= 0.6 is 0 Å². The summed E-state index contributed by atoms with van der Waals surface area (Å²) in [6.45, 7) is 8.38. The van der Waals surface area contributed by atoms with E-state index >= 15 is 0 Å². The van der Waals surface area contributed by atoms with Gasteiger partial charge in [-0.15, -0.1) is 0 Å². The molecule has 6 rings (SSSR count). The Bertz CT molecular complexity index is 4030. The highest BCUT2D eigenvalue weighted by Crippen LogP contribution is 2.54. The molecule has 96 heavy (non-hydrogen) atoms. The maximum atomic E-state index is 13.0. The highest BCUT2D eigenvalue weighted by molar-refractivity contribution is 7.87. The minimum absolute atomic E-state index is 0.0123. The van der Waals surface area contributed by atoms with E-state index in [0.29, 0.717) is 118 Å². The number of anilines is 1. The Morgan fingerprint density at radius 1 is 0.521 bits per heavy atom. The molecule has 0 radical (unpaired) electrons. The smallest absolute Gasteiger partial charge is 0.303 e. The second-order valence-corrected chi connectivity index (χ2v) is 29.9. The molecule has 0 saturated heterocycles. The average molecular weight is 1450 g/mol. The van der Waals surface area contributed by atoms with Gasteiger partial charge in [-0.05, 0) is 104 Å². The van der Waals surface area contributed by atoms with Crippen molar-refractivity contribution in [1.82, 2.24) is 0 Å². The Balaban J connectivity index is 1.43. The van der Waals surface area contributed by atoms with Crippen LogP contribution in [-0.4, -0.2) is 238 Å². The number of ether oxygens (including phenoxy) is 10. The molecule has 0 saturated carbocycles. The second-order valence-electron chi connectivity index (χ2n) is 22.7. The summed E-state index contributed by atoms with van der Waals surface area (Å²) < 4.78 is 239. The van der Waals surface area contributed by atoms with Crippen LogP contribution in [0.4, 0.5) is 11.4 Å². The predicted octanol–water partition coefficient (Wildman–Crippen LogP) is 5.90. The number of allylic oxidation sites excluding steroid dienone is 6. The van der Waals surface area contributed by atoms with Crippen molar-refractivity contribution in [2.75, 3.05) is 157 Å². The molecule has 0 bridgehead atoms. The van der Waals surface area contributed by atoms with Gasteiger partial charge < -0.3 is 61.9 Å². The number of carboxylic acids is 1. The number of nitrogens with zero attached hydrogens (tertiary/aromatic N) is 2. The zero-order valence-corrected chi connectivity index (χ0v) is 58.0. The molecule has 2 unspecified atom stereocenters. The zero-order valence-electron chi connectivity index (χ0n) is 54.0. The zero-order chi connectivity index (χ0) is 70.4. The van der Waals surface area contributed by atoms with Crippen molar-refractivity contribution < 1.29 is 127 Å². The quantitative estimate of drug-likeness (QED) is 0.0149. The van der Waals surface area contributed by atoms with Gasteiger partial charge in [-0.1, -0.05) is 30.7 Å². The van der Waals surface area contributed by atoms with Crippen molar-refractivity contribution in [3.8, 4) is 0 Å². The minimum atomic E-state index is -5.39. The topological polar surface area (TPSA) is 411 Å². The van der Waals surface area contributed by atoms with Crippen molar-refractivity contribution >= 4 is 95.2 Å². The molecule has 2 aliphatic heterocycles. The largest absolute Gasteiger partial charge is 0.744 e. The van der Waals surface area contributed by atoms with Crippen molar-refractivity contribution in [1.29, 1.82) is 0 Å². The van der Waals surface area contributed by atoms with Crippen LogP contribution in [-0.2, 0) is 114 Å². The molecule has 29 nitrogen and oxygen atoms in total. The number of unbranched alkanes of at least 4 members (excludes halogenated alkanes) is 2. The van der Waals surface area contributed by atoms with E-state index in [1.54, 1.807) is 62.2 Å². The van der Waals surface area contributed by atoms with Crippen LogP contribution in [0, 0.1) is 0 Å². The first-order valence-corrected chi connectivity index (χ1v) is 38.1. The van der Waals surface area contributed by atoms with Gasteiger partial charge in [0.1, 0.15) is 21.6 Å². The maximum absolute atomic E-state index is 13.0. The number of methoxy groups -OCH3 is 2. The standard InChI is InChI=1S/C62H86N2O27S5/c1-61(19-23-84-29-31-88-37-39-90-35-33-86-27-25-82-3)56(63(21-10-6-9-14-58(65)66)52-17-15-48-50(59(52)61)42-46(93(70,71)72)44-54(48)95(76,77)78)12-7-5-8-13-57-62(2,20-24-85-30-32-89-38-40-91-36-34-87-28-26-83-4)60-51-43-47(94(73,74)75)45-55(96(79,80)81)49(51)16-18-53(60)64(57)22-11-41-92(67,68)69/h5,7-8,12-13,15-18,42-45H,6,9-11,14,19-41H2,1-4H3,(H5-,65,66,67,68,69,70,71,72,73,74,75,76,77,78,79,80,81). The minimum Gasteiger partial charge on any atom is -0.744 e. The third kappa shape index (κ3) is 22.6. The number of hydrogen-bond acceptors (Lipinski definition) is 23. The maximum Gasteiger partial charge on any atom is 0.303 e. The lowest BCUT2D eigenvalue weighted by atomic mass is 9.75. The summed E-state index contributed by atoms with van der Waals surface area (Å²) in [6.07, 6.45) is 9.44. The van der Waals surface area contributed by atoms with Crippen LogP contribution in [0.15, 0.2) is 104 Å². The van der Waals surface area contributed by atoms with E-state index in [1.165, 1.54) is 18.2 Å². The van der Waals surface area contributed by atoms with Crippen LogP contribution in [0.25, 0.3) is 21.5 Å². The molecular formula is C62H86N2O27S5. The summed E-state index contributed by atoms with van der Waals surface area (Å²) in [4.78, 5) is 10.0. The summed E-state index contributed by atoms with van der Waals surface area (Å²) in [6, 6.07) is 9.18. The van der Waals surface area contributed by atoms with E-state index in [-0.39, 0.29) is 126 Å². The summed E-state index contributed by atoms with van der Waals surface area (Å²) in [7, 11) is -22.2. The van der Waals surface area contributed by atoms with Gasteiger partial charge in [0, 0.05) is 86.7 Å². The van der Waals surface area contributed by atoms with Crippen LogP contribution < -0.4 is 4.90 Å². The molecule has 0 aliphatic carbocycles. The Hall–Kier alpha value is -5.29. The van der Waals surface area contributed by atoms with E-state index in [4.69, 9.17) is 47.4 Å². The van der Waals surface area contributed by atoms with Gasteiger partial charge in [-0.2, -0.15) is 38.2 Å². The fourth-order valence-electron chi connectivity index (χ4n) is 11.5. The van der Waals surface area contributed by atoms with Gasteiger partial charge >= 0.3 is 5.97 Å². The number of carbonyl (C=O) groups is 1. The van der Waals surface area contributed by atoms with Crippen LogP contribution in [0.5, 0.6) is 0 Å². The first-order chi connectivity index (χ1) is 45.4. The number of aliphatic carboxylic acids is 1. The van der Waals surface area contributed by atoms with Crippen molar-refractivity contribution in [2.45, 2.75) is 89.2 Å². The first kappa shape index (κ1) is 79.7. The summed E-state index contributed by atoms with van der Waals surface area (Å²) >= 11 is 0. The van der Waals surface area contributed by atoms with Crippen LogP contribution in [0.3, 0.4) is 0 Å². The molecule has 2 aliphatic rings. The van der Waals surface area contributed by atoms with E-state index in [2.05, 4.69) is 0 Å². The highest BCUT2D eigenvalue weighted by Gasteiger charge is 2.50. The Morgan fingerprint density at radius 3 is 1.45 bits per heavy atom. The molecule has 4 aromatic carbocycles. The molecule has 0 fully saturated rings. The monoisotopic (exact) mass is 1450 g/mol. The van der Waals surface area contributed by atoms with Crippen LogP contribution in [0.1, 0.15) is 69.9 Å². The Morgan fingerprint density at radius 2 is 0.979 bits per heavy atom. The second kappa shape index (κ2) is 36.7. The Kier molecular flexibility index (Phi) is 30.5. The first-order valence-electron chi connectivity index (χ1n) is 30.7. The molecule has 34 heteroatoms. The van der Waals surface area contributed by atoms with E-state index in [9.17, 15) is 74.8 Å². The Labute approximate surface area is 560 Å². The van der Waals surface area contributed by atoms with Crippen LogP contribution in [0.2, 0.25) is 0 Å². The fourth-order valence-corrected chi connectivity index (χ4v) is 14.7. The summed E-state index contributed by atoms with van der Waals surface area (Å²) in [5.41, 5.74) is -0.120. The number of carboxylic acid groups (broad SMARTS) is 1. The van der Waals surface area contributed by atoms with Crippen molar-refractivity contribution in [3.63, 3.8) is 0 Å². The van der Waals surface area contributed by atoms with E-state index < -0.39 is 92.7 Å². The van der Waals surface area contributed by atoms with Gasteiger partial charge in [-0.3, -0.25) is 23.0 Å². The molecule has 0 spiro atoms. The summed E-state index contributed by atoms with van der Waals surface area (Å²) in [5, 5.41) is 9.18. The van der Waals surface area contributed by atoms with Gasteiger partial charge in [0.05, 0.1) is 132 Å². The van der Waals surface area contributed by atoms with Gasteiger partial charge in [0.15, 0.2) is 5.71 Å².